The number of carbonyl (C=O) groups excluding carboxylic acids is 1. The lowest BCUT2D eigenvalue weighted by molar-refractivity contribution is -0.130. The maximum absolute atomic E-state index is 13.4. The zero-order chi connectivity index (χ0) is 24.3. The van der Waals surface area contributed by atoms with Crippen LogP contribution in [0.1, 0.15) is 37.1 Å². The third-order valence-corrected chi connectivity index (χ3v) is 6.40. The molecule has 1 saturated heterocycles. The van der Waals surface area contributed by atoms with E-state index in [0.29, 0.717) is 34.5 Å². The first-order valence-electron chi connectivity index (χ1n) is 10.8. The number of rotatable bonds is 8. The lowest BCUT2D eigenvalue weighted by Gasteiger charge is -2.40. The van der Waals surface area contributed by atoms with Gasteiger partial charge in [0.15, 0.2) is 23.0 Å². The van der Waals surface area contributed by atoms with Crippen LogP contribution in [0.25, 0.3) is 0 Å². The molecule has 9 heteroatoms. The van der Waals surface area contributed by atoms with Crippen LogP contribution in [0.5, 0.6) is 34.5 Å². The molecular weight excluding hydrogens is 462 g/mol. The van der Waals surface area contributed by atoms with Gasteiger partial charge in [0.1, 0.15) is 5.78 Å². The van der Waals surface area contributed by atoms with Gasteiger partial charge in [-0.2, -0.15) is 0 Å². The van der Waals surface area contributed by atoms with Crippen LogP contribution in [0.2, 0.25) is 0 Å². The molecule has 8 nitrogen and oxygen atoms in total. The zero-order valence-electron chi connectivity index (χ0n) is 20.9. The zero-order valence-corrected chi connectivity index (χ0v) is 21.7. The fourth-order valence-electron chi connectivity index (χ4n) is 4.68. The van der Waals surface area contributed by atoms with Gasteiger partial charge in [-0.05, 0) is 24.3 Å². The molecule has 4 unspecified atom stereocenters. The lowest BCUT2D eigenvalue weighted by atomic mass is 9.75. The molecule has 4 atom stereocenters. The number of benzene rings is 2. The third kappa shape index (κ3) is 4.57. The monoisotopic (exact) mass is 495 g/mol. The number of halogens is 1. The van der Waals surface area contributed by atoms with Crippen LogP contribution in [-0.2, 0) is 4.79 Å². The molecule has 0 amide bonds. The average Bonchev–Trinajstić information content (AvgIpc) is 2.85. The quantitative estimate of drug-likeness (QED) is 0.577. The summed E-state index contributed by atoms with van der Waals surface area (Å²) >= 11 is 0. The summed E-state index contributed by atoms with van der Waals surface area (Å²) in [6, 6.07) is 6.79. The molecule has 0 aliphatic carbocycles. The Labute approximate surface area is 207 Å². The van der Waals surface area contributed by atoms with E-state index in [9.17, 15) is 4.79 Å². The van der Waals surface area contributed by atoms with Gasteiger partial charge in [-0.15, -0.1) is 12.4 Å². The molecule has 1 aliphatic rings. The molecule has 1 heterocycles. The number of carbonyl (C=O) groups is 1. The first-order chi connectivity index (χ1) is 15.9. The van der Waals surface area contributed by atoms with Gasteiger partial charge in [-0.25, -0.2) is 0 Å². The first kappa shape index (κ1) is 27.4. The number of ketones is 1. The Balaban J connectivity index is 0.00000408. The largest absolute Gasteiger partial charge is 0.493 e. The van der Waals surface area contributed by atoms with E-state index in [1.807, 2.05) is 38.1 Å². The van der Waals surface area contributed by atoms with Crippen LogP contribution in [-0.4, -0.2) is 48.4 Å². The van der Waals surface area contributed by atoms with E-state index in [0.717, 1.165) is 11.1 Å². The molecule has 34 heavy (non-hydrogen) atoms. The smallest absolute Gasteiger partial charge is 0.203 e. The second-order valence-corrected chi connectivity index (χ2v) is 7.95. The Hall–Kier alpha value is -2.84. The predicted octanol–water partition coefficient (Wildman–Crippen LogP) is 4.39. The Morgan fingerprint density at radius 1 is 0.588 bits per heavy atom. The fraction of sp³-hybridized carbons (Fsp3) is 0.480. The van der Waals surface area contributed by atoms with Gasteiger partial charge < -0.3 is 33.7 Å². The number of nitrogens with one attached hydrogen (secondary N) is 1. The summed E-state index contributed by atoms with van der Waals surface area (Å²) in [7, 11) is 9.42. The highest BCUT2D eigenvalue weighted by molar-refractivity contribution is 5.86. The van der Waals surface area contributed by atoms with Crippen LogP contribution in [0.3, 0.4) is 0 Å². The maximum Gasteiger partial charge on any atom is 0.203 e. The van der Waals surface area contributed by atoms with Crippen molar-refractivity contribution in [2.45, 2.75) is 25.9 Å². The topological polar surface area (TPSA) is 84.5 Å². The van der Waals surface area contributed by atoms with Crippen LogP contribution in [0, 0.1) is 11.8 Å². The van der Waals surface area contributed by atoms with Gasteiger partial charge in [-0.3, -0.25) is 4.79 Å². The normalized spacial score (nSPS) is 21.8. The van der Waals surface area contributed by atoms with E-state index in [-0.39, 0.29) is 42.1 Å². The summed E-state index contributed by atoms with van der Waals surface area (Å²) in [5.41, 5.74) is 1.62. The Morgan fingerprint density at radius 2 is 0.941 bits per heavy atom. The highest BCUT2D eigenvalue weighted by Crippen LogP contribution is 2.49. The highest BCUT2D eigenvalue weighted by Gasteiger charge is 2.43. The van der Waals surface area contributed by atoms with Gasteiger partial charge in [0, 0.05) is 35.0 Å². The number of hydrogen-bond donors (Lipinski definition) is 1. The van der Waals surface area contributed by atoms with E-state index >= 15 is 0 Å². The van der Waals surface area contributed by atoms with Crippen molar-refractivity contribution in [3.8, 4) is 34.5 Å². The Morgan fingerprint density at radius 3 is 1.24 bits per heavy atom. The van der Waals surface area contributed by atoms with E-state index < -0.39 is 0 Å². The van der Waals surface area contributed by atoms with Crippen LogP contribution in [0.15, 0.2) is 24.3 Å². The van der Waals surface area contributed by atoms with E-state index in [1.165, 1.54) is 0 Å². The number of piperidine rings is 1. The Bertz CT molecular complexity index is 936. The summed E-state index contributed by atoms with van der Waals surface area (Å²) in [6.07, 6.45) is 0. The van der Waals surface area contributed by atoms with Gasteiger partial charge in [0.2, 0.25) is 11.5 Å². The number of Topliss-reactive ketones (excluding diaryl/α,β-unsaturated/α-hetero) is 1. The molecular formula is C25H34ClNO7. The SMILES string of the molecule is COc1ccc(C2NC(c3ccc(OC)c(OC)c3OC)C(C)C(=O)C2C)c(OC)c1OC.Cl. The van der Waals surface area contributed by atoms with Crippen molar-refractivity contribution in [2.24, 2.45) is 11.8 Å². The molecule has 2 aromatic rings. The molecule has 0 bridgehead atoms. The minimum atomic E-state index is -0.328. The molecule has 1 fully saturated rings. The highest BCUT2D eigenvalue weighted by atomic mass is 35.5. The van der Waals surface area contributed by atoms with Gasteiger partial charge in [0.05, 0.1) is 42.7 Å². The van der Waals surface area contributed by atoms with E-state index in [1.54, 1.807) is 42.7 Å². The average molecular weight is 496 g/mol. The number of ether oxygens (including phenoxy) is 6. The summed E-state index contributed by atoms with van der Waals surface area (Å²) < 4.78 is 33.4. The third-order valence-electron chi connectivity index (χ3n) is 6.40. The number of methoxy groups -OCH3 is 6. The van der Waals surface area contributed by atoms with Crippen molar-refractivity contribution in [3.63, 3.8) is 0 Å². The van der Waals surface area contributed by atoms with Crippen molar-refractivity contribution in [1.82, 2.24) is 5.32 Å². The summed E-state index contributed by atoms with van der Waals surface area (Å²) in [5, 5.41) is 3.67. The molecule has 0 saturated carbocycles. The van der Waals surface area contributed by atoms with Gasteiger partial charge in [-0.1, -0.05) is 13.8 Å². The summed E-state index contributed by atoms with van der Waals surface area (Å²) in [6.45, 7) is 3.85. The second-order valence-electron chi connectivity index (χ2n) is 7.95. The molecule has 0 radical (unpaired) electrons. The predicted molar refractivity (Wildman–Crippen MR) is 131 cm³/mol. The van der Waals surface area contributed by atoms with E-state index in [4.69, 9.17) is 28.4 Å². The molecule has 188 valence electrons. The molecule has 1 N–H and O–H groups in total. The summed E-state index contributed by atoms with van der Waals surface area (Å²) in [5.74, 6) is 2.68. The Kier molecular flexibility index (Phi) is 9.29. The summed E-state index contributed by atoms with van der Waals surface area (Å²) in [4.78, 5) is 13.4. The molecule has 2 aromatic carbocycles. The van der Waals surface area contributed by atoms with Crippen molar-refractivity contribution in [3.05, 3.63) is 35.4 Å². The van der Waals surface area contributed by atoms with Crippen molar-refractivity contribution in [2.75, 3.05) is 42.7 Å². The van der Waals surface area contributed by atoms with Gasteiger partial charge in [0.25, 0.3) is 0 Å². The fourth-order valence-corrected chi connectivity index (χ4v) is 4.68. The van der Waals surface area contributed by atoms with Crippen LogP contribution in [0.4, 0.5) is 0 Å². The minimum Gasteiger partial charge on any atom is -0.493 e. The second kappa shape index (κ2) is 11.5. The molecule has 0 spiro atoms. The lowest BCUT2D eigenvalue weighted by Crippen LogP contribution is -2.46. The van der Waals surface area contributed by atoms with Crippen molar-refractivity contribution in [1.29, 1.82) is 0 Å². The molecule has 0 aromatic heterocycles. The molecule has 3 rings (SSSR count). The van der Waals surface area contributed by atoms with Crippen molar-refractivity contribution < 1.29 is 33.2 Å². The minimum absolute atomic E-state index is 0. The maximum atomic E-state index is 13.4. The van der Waals surface area contributed by atoms with E-state index in [2.05, 4.69) is 5.32 Å². The van der Waals surface area contributed by atoms with Crippen molar-refractivity contribution >= 4 is 18.2 Å². The standard InChI is InChI=1S/C25H33NO7.ClH/c1-13-19(15-9-11-17(28-3)24(32-7)22(15)30-5)26-20(14(2)21(13)27)16-10-12-18(29-4)25(33-8)23(16)31-6;/h9-14,19-20,26H,1-8H3;1H. The molecule has 1 aliphatic heterocycles. The number of hydrogen-bond acceptors (Lipinski definition) is 8. The van der Waals surface area contributed by atoms with Gasteiger partial charge >= 0.3 is 0 Å². The van der Waals surface area contributed by atoms with Crippen LogP contribution >= 0.6 is 12.4 Å². The first-order valence-corrected chi connectivity index (χ1v) is 10.8. The van der Waals surface area contributed by atoms with Crippen LogP contribution < -0.4 is 33.7 Å².